The van der Waals surface area contributed by atoms with Gasteiger partial charge in [-0.1, -0.05) is 71.9 Å². The highest BCUT2D eigenvalue weighted by Gasteiger charge is 2.22. The van der Waals surface area contributed by atoms with Crippen LogP contribution in [0, 0.1) is 6.92 Å². The van der Waals surface area contributed by atoms with Crippen molar-refractivity contribution >= 4 is 35.3 Å². The molecule has 1 atom stereocenters. The second-order valence-electron chi connectivity index (χ2n) is 8.09. The van der Waals surface area contributed by atoms with Crippen LogP contribution in [0.15, 0.2) is 82.6 Å². The van der Waals surface area contributed by atoms with E-state index in [0.717, 1.165) is 28.9 Å². The van der Waals surface area contributed by atoms with Gasteiger partial charge in [0.05, 0.1) is 10.6 Å². The van der Waals surface area contributed by atoms with E-state index in [0.29, 0.717) is 16.2 Å². The number of carbonyl (C=O) groups is 2. The number of fused-ring (bicyclic) bond motifs is 1. The predicted molar refractivity (Wildman–Crippen MR) is 132 cm³/mol. The zero-order valence-electron chi connectivity index (χ0n) is 18.2. The van der Waals surface area contributed by atoms with E-state index in [9.17, 15) is 9.59 Å². The molecule has 0 radical (unpaired) electrons. The highest BCUT2D eigenvalue weighted by Crippen LogP contribution is 2.39. The number of aryl methyl sites for hydroxylation is 2. The fraction of sp³-hybridized carbons (Fsp3) is 0.185. The summed E-state index contributed by atoms with van der Waals surface area (Å²) in [6.45, 7) is 4.04. The van der Waals surface area contributed by atoms with E-state index in [1.807, 2.05) is 74.5 Å². The first-order chi connectivity index (χ1) is 15.5. The van der Waals surface area contributed by atoms with Gasteiger partial charge < -0.3 is 10.6 Å². The molecule has 32 heavy (non-hydrogen) atoms. The first-order valence-electron chi connectivity index (χ1n) is 10.7. The highest BCUT2D eigenvalue weighted by atomic mass is 32.2. The van der Waals surface area contributed by atoms with Crippen molar-refractivity contribution in [2.45, 2.75) is 37.6 Å². The summed E-state index contributed by atoms with van der Waals surface area (Å²) in [4.78, 5) is 26.9. The lowest BCUT2D eigenvalue weighted by Gasteiger charge is -2.20. The maximum Gasteiger partial charge on any atom is 0.262 e. The van der Waals surface area contributed by atoms with Crippen molar-refractivity contribution in [1.82, 2.24) is 5.32 Å². The molecule has 4 rings (SSSR count). The van der Waals surface area contributed by atoms with Crippen LogP contribution in [0.2, 0.25) is 0 Å². The zero-order chi connectivity index (χ0) is 22.5. The smallest absolute Gasteiger partial charge is 0.262 e. The lowest BCUT2D eigenvalue weighted by atomic mass is 10.1. The second-order valence-corrected chi connectivity index (χ2v) is 9.17. The van der Waals surface area contributed by atoms with Gasteiger partial charge in [-0.3, -0.25) is 9.59 Å². The monoisotopic (exact) mass is 442 g/mol. The molecule has 4 nitrogen and oxygen atoms in total. The van der Waals surface area contributed by atoms with Crippen LogP contribution in [0.4, 0.5) is 5.69 Å². The average molecular weight is 443 g/mol. The molecule has 3 aromatic rings. The Labute approximate surface area is 193 Å². The summed E-state index contributed by atoms with van der Waals surface area (Å²) in [6, 6.07) is 23.8. The van der Waals surface area contributed by atoms with Gasteiger partial charge in [-0.15, -0.1) is 0 Å². The predicted octanol–water partition coefficient (Wildman–Crippen LogP) is 5.83. The maximum atomic E-state index is 12.7. The molecule has 1 aliphatic rings. The Morgan fingerprint density at radius 3 is 2.66 bits per heavy atom. The molecule has 2 amide bonds. The van der Waals surface area contributed by atoms with Gasteiger partial charge in [0, 0.05) is 16.5 Å². The first kappa shape index (κ1) is 21.9. The third-order valence-electron chi connectivity index (χ3n) is 5.36. The molecular formula is C27H26N2O2S. The molecule has 5 heteroatoms. The van der Waals surface area contributed by atoms with Gasteiger partial charge in [0.25, 0.3) is 11.8 Å². The van der Waals surface area contributed by atoms with Crippen molar-refractivity contribution in [2.75, 3.05) is 5.32 Å². The summed E-state index contributed by atoms with van der Waals surface area (Å²) in [6.07, 6.45) is 3.67. The molecule has 0 aromatic heterocycles. The van der Waals surface area contributed by atoms with E-state index >= 15 is 0 Å². The van der Waals surface area contributed by atoms with Crippen molar-refractivity contribution in [1.29, 1.82) is 0 Å². The maximum absolute atomic E-state index is 12.7. The Morgan fingerprint density at radius 2 is 1.88 bits per heavy atom. The summed E-state index contributed by atoms with van der Waals surface area (Å²) >= 11 is 1.42. The Morgan fingerprint density at radius 1 is 1.06 bits per heavy atom. The van der Waals surface area contributed by atoms with Gasteiger partial charge in [0.1, 0.15) is 0 Å². The summed E-state index contributed by atoms with van der Waals surface area (Å²) in [5, 5.41) is 5.99. The van der Waals surface area contributed by atoms with Gasteiger partial charge in [0.2, 0.25) is 0 Å². The number of hydrogen-bond donors (Lipinski definition) is 2. The Kier molecular flexibility index (Phi) is 6.76. The number of nitrogens with one attached hydrogen (secondary N) is 2. The molecule has 0 bridgehead atoms. The van der Waals surface area contributed by atoms with Gasteiger partial charge in [-0.05, 0) is 62.1 Å². The highest BCUT2D eigenvalue weighted by molar-refractivity contribution is 8.04. The van der Waals surface area contributed by atoms with Crippen molar-refractivity contribution in [3.63, 3.8) is 0 Å². The molecule has 0 saturated heterocycles. The molecule has 1 unspecified atom stereocenters. The molecule has 1 heterocycles. The third kappa shape index (κ3) is 5.48. The second kappa shape index (κ2) is 9.88. The standard InChI is InChI=1S/C27H26N2O2S/c1-18-7-6-10-21(15-18)16-25-27(31)29-23-17-22(13-14-24(23)32-25)26(30)28-19(2)11-12-20-8-4-3-5-9-20/h3-10,13-17,19H,11-12H2,1-2H3,(H,28,30)(H,29,31). The fourth-order valence-corrected chi connectivity index (χ4v) is 4.55. The van der Waals surface area contributed by atoms with Gasteiger partial charge in [0.15, 0.2) is 0 Å². The number of amides is 2. The summed E-state index contributed by atoms with van der Waals surface area (Å²) in [5.41, 5.74) is 4.62. The molecule has 0 aliphatic carbocycles. The van der Waals surface area contributed by atoms with Gasteiger partial charge in [-0.25, -0.2) is 0 Å². The van der Waals surface area contributed by atoms with Crippen molar-refractivity contribution in [2.24, 2.45) is 0 Å². The van der Waals surface area contributed by atoms with E-state index in [2.05, 4.69) is 22.8 Å². The minimum absolute atomic E-state index is 0.0477. The SMILES string of the molecule is Cc1cccc(C=C2Sc3ccc(C(=O)NC(C)CCc4ccccc4)cc3NC2=O)c1. The summed E-state index contributed by atoms with van der Waals surface area (Å²) in [7, 11) is 0. The number of benzene rings is 3. The minimum atomic E-state index is -0.155. The summed E-state index contributed by atoms with van der Waals surface area (Å²) in [5.74, 6) is -0.286. The molecule has 0 saturated carbocycles. The van der Waals surface area contributed by atoms with E-state index < -0.39 is 0 Å². The quantitative estimate of drug-likeness (QED) is 0.472. The fourth-order valence-electron chi connectivity index (χ4n) is 3.62. The van der Waals surface area contributed by atoms with Crippen LogP contribution in [0.25, 0.3) is 6.08 Å². The number of thioether (sulfide) groups is 1. The van der Waals surface area contributed by atoms with Gasteiger partial charge >= 0.3 is 0 Å². The number of rotatable bonds is 6. The molecule has 2 N–H and O–H groups in total. The Hall–Kier alpha value is -3.31. The zero-order valence-corrected chi connectivity index (χ0v) is 19.0. The normalized spacial score (nSPS) is 15.1. The van der Waals surface area contributed by atoms with Crippen molar-refractivity contribution in [3.05, 3.63) is 100.0 Å². The minimum Gasteiger partial charge on any atom is -0.350 e. The van der Waals surface area contributed by atoms with Crippen LogP contribution in [0.3, 0.4) is 0 Å². The van der Waals surface area contributed by atoms with E-state index in [1.54, 1.807) is 6.07 Å². The van der Waals surface area contributed by atoms with Crippen molar-refractivity contribution < 1.29 is 9.59 Å². The third-order valence-corrected chi connectivity index (χ3v) is 6.46. The molecule has 162 valence electrons. The lowest BCUT2D eigenvalue weighted by molar-refractivity contribution is -0.112. The van der Waals surface area contributed by atoms with Crippen LogP contribution in [-0.2, 0) is 11.2 Å². The summed E-state index contributed by atoms with van der Waals surface area (Å²) < 4.78 is 0. The number of hydrogen-bond acceptors (Lipinski definition) is 3. The topological polar surface area (TPSA) is 58.2 Å². The molecule has 0 spiro atoms. The first-order valence-corrected chi connectivity index (χ1v) is 11.6. The van der Waals surface area contributed by atoms with E-state index in [1.165, 1.54) is 17.3 Å². The molecule has 3 aromatic carbocycles. The van der Waals surface area contributed by atoms with Crippen LogP contribution < -0.4 is 10.6 Å². The van der Waals surface area contributed by atoms with E-state index in [-0.39, 0.29) is 17.9 Å². The van der Waals surface area contributed by atoms with Crippen LogP contribution >= 0.6 is 11.8 Å². The van der Waals surface area contributed by atoms with Crippen molar-refractivity contribution in [3.8, 4) is 0 Å². The largest absolute Gasteiger partial charge is 0.350 e. The lowest BCUT2D eigenvalue weighted by Crippen LogP contribution is -2.33. The van der Waals surface area contributed by atoms with Gasteiger partial charge in [-0.2, -0.15) is 0 Å². The van der Waals surface area contributed by atoms with E-state index in [4.69, 9.17) is 0 Å². The molecule has 0 fully saturated rings. The molecule has 1 aliphatic heterocycles. The number of anilines is 1. The Bertz CT molecular complexity index is 1170. The Balaban J connectivity index is 1.41. The van der Waals surface area contributed by atoms with Crippen LogP contribution in [0.1, 0.15) is 40.4 Å². The molecular weight excluding hydrogens is 416 g/mol. The number of carbonyl (C=O) groups excluding carboxylic acids is 2. The average Bonchev–Trinajstić information content (AvgIpc) is 2.78. The van der Waals surface area contributed by atoms with Crippen LogP contribution in [0.5, 0.6) is 0 Å². The van der Waals surface area contributed by atoms with Crippen LogP contribution in [-0.4, -0.2) is 17.9 Å².